The van der Waals surface area contributed by atoms with Crippen molar-refractivity contribution >= 4 is 41.5 Å². The van der Waals surface area contributed by atoms with Crippen molar-refractivity contribution in [2.45, 2.75) is 6.42 Å². The maximum atomic E-state index is 12.2. The predicted molar refractivity (Wildman–Crippen MR) is 134 cm³/mol. The number of carbonyl (C=O) groups is 1. The number of hydrogen-bond donors (Lipinski definition) is 3. The predicted octanol–water partition coefficient (Wildman–Crippen LogP) is 3.15. The smallest absolute Gasteiger partial charge is 0.251 e. The Kier molecular flexibility index (Phi) is 13.1. The Morgan fingerprint density at radius 1 is 0.968 bits per heavy atom. The summed E-state index contributed by atoms with van der Waals surface area (Å²) in [7, 11) is 4.94. The lowest BCUT2D eigenvalue weighted by Gasteiger charge is -2.13. The quantitative estimate of drug-likeness (QED) is 0.175. The van der Waals surface area contributed by atoms with Crippen LogP contribution in [0.5, 0.6) is 11.5 Å². The fraction of sp³-hybridized carbons (Fsp3) is 0.364. The molecule has 0 fully saturated rings. The molecule has 9 heteroatoms. The van der Waals surface area contributed by atoms with Crippen molar-refractivity contribution in [1.29, 1.82) is 0 Å². The van der Waals surface area contributed by atoms with Gasteiger partial charge in [0, 0.05) is 57.6 Å². The summed E-state index contributed by atoms with van der Waals surface area (Å²) in [5.74, 6) is 1.87. The fourth-order valence-corrected chi connectivity index (χ4v) is 2.60. The maximum absolute atomic E-state index is 12.2. The number of nitrogens with zero attached hydrogens (tertiary/aromatic N) is 1. The molecule has 2 aromatic carbocycles. The minimum absolute atomic E-state index is 0. The van der Waals surface area contributed by atoms with Crippen LogP contribution in [0, 0.1) is 0 Å². The van der Waals surface area contributed by atoms with Crippen LogP contribution in [0.15, 0.2) is 53.5 Å². The topological polar surface area (TPSA) is 93.2 Å². The average molecular weight is 542 g/mol. The summed E-state index contributed by atoms with van der Waals surface area (Å²) >= 11 is 0. The minimum atomic E-state index is -0.156. The number of aliphatic imine (C=N–C) groups is 1. The van der Waals surface area contributed by atoms with Crippen molar-refractivity contribution in [1.82, 2.24) is 10.6 Å². The molecule has 0 aromatic heterocycles. The van der Waals surface area contributed by atoms with Gasteiger partial charge in [0.05, 0.1) is 13.7 Å². The molecule has 1 amide bonds. The Morgan fingerprint density at radius 2 is 1.71 bits per heavy atom. The normalized spacial score (nSPS) is 10.6. The Hall–Kier alpha value is -2.53. The van der Waals surface area contributed by atoms with Crippen LogP contribution in [-0.4, -0.2) is 59.4 Å². The molecular formula is C22H31IN4O4. The van der Waals surface area contributed by atoms with Gasteiger partial charge in [-0.25, -0.2) is 0 Å². The zero-order valence-corrected chi connectivity index (χ0v) is 20.5. The van der Waals surface area contributed by atoms with Gasteiger partial charge in [-0.3, -0.25) is 9.79 Å². The molecule has 0 saturated heterocycles. The summed E-state index contributed by atoms with van der Waals surface area (Å²) in [6.45, 7) is 2.22. The molecule has 0 aliphatic carbocycles. The number of carbonyl (C=O) groups excluding carboxylic acids is 1. The van der Waals surface area contributed by atoms with Gasteiger partial charge in [-0.2, -0.15) is 0 Å². The lowest BCUT2D eigenvalue weighted by molar-refractivity contribution is 0.0954. The lowest BCUT2D eigenvalue weighted by Crippen LogP contribution is -2.37. The zero-order chi connectivity index (χ0) is 21.6. The minimum Gasteiger partial charge on any atom is -0.497 e. The Labute approximate surface area is 200 Å². The molecule has 170 valence electrons. The van der Waals surface area contributed by atoms with E-state index in [0.717, 1.165) is 17.9 Å². The first-order valence-electron chi connectivity index (χ1n) is 9.78. The van der Waals surface area contributed by atoms with Crippen LogP contribution >= 0.6 is 24.0 Å². The number of nitrogens with one attached hydrogen (secondary N) is 3. The highest BCUT2D eigenvalue weighted by molar-refractivity contribution is 14.0. The zero-order valence-electron chi connectivity index (χ0n) is 18.1. The number of halogens is 1. The number of amides is 1. The van der Waals surface area contributed by atoms with Crippen molar-refractivity contribution in [3.05, 3.63) is 54.1 Å². The number of methoxy groups -OCH3 is 2. The molecule has 0 atom stereocenters. The molecule has 0 aliphatic heterocycles. The molecule has 2 aromatic rings. The lowest BCUT2D eigenvalue weighted by atomic mass is 10.2. The van der Waals surface area contributed by atoms with Gasteiger partial charge in [0.1, 0.15) is 11.5 Å². The first-order chi connectivity index (χ1) is 14.7. The molecule has 3 N–H and O–H groups in total. The second kappa shape index (κ2) is 15.3. The molecular weight excluding hydrogens is 511 g/mol. The van der Waals surface area contributed by atoms with Crippen LogP contribution in [0.25, 0.3) is 0 Å². The molecule has 0 heterocycles. The molecule has 0 aliphatic rings. The van der Waals surface area contributed by atoms with E-state index in [2.05, 4.69) is 20.9 Å². The van der Waals surface area contributed by atoms with Gasteiger partial charge in [0.25, 0.3) is 5.91 Å². The average Bonchev–Trinajstić information content (AvgIpc) is 2.79. The highest BCUT2D eigenvalue weighted by Gasteiger charge is 2.06. The number of anilines is 1. The maximum Gasteiger partial charge on any atom is 0.251 e. The molecule has 0 unspecified atom stereocenters. The van der Waals surface area contributed by atoms with Gasteiger partial charge in [-0.05, 0) is 30.3 Å². The third-order valence-electron chi connectivity index (χ3n) is 4.12. The number of benzene rings is 2. The van der Waals surface area contributed by atoms with E-state index in [4.69, 9.17) is 14.2 Å². The van der Waals surface area contributed by atoms with Crippen LogP contribution in [0.2, 0.25) is 0 Å². The van der Waals surface area contributed by atoms with E-state index in [-0.39, 0.29) is 29.9 Å². The summed E-state index contributed by atoms with van der Waals surface area (Å²) < 4.78 is 15.9. The highest BCUT2D eigenvalue weighted by Crippen LogP contribution is 2.17. The Bertz CT molecular complexity index is 833. The second-order valence-electron chi connectivity index (χ2n) is 6.33. The Morgan fingerprint density at radius 3 is 2.45 bits per heavy atom. The summed E-state index contributed by atoms with van der Waals surface area (Å²) in [5, 5.41) is 9.25. The van der Waals surface area contributed by atoms with E-state index in [1.165, 1.54) is 0 Å². The first kappa shape index (κ1) is 26.5. The van der Waals surface area contributed by atoms with Crippen LogP contribution < -0.4 is 25.4 Å². The van der Waals surface area contributed by atoms with Crippen molar-refractivity contribution < 1.29 is 19.0 Å². The third-order valence-corrected chi connectivity index (χ3v) is 4.12. The van der Waals surface area contributed by atoms with Gasteiger partial charge in [-0.1, -0.05) is 12.1 Å². The fourth-order valence-electron chi connectivity index (χ4n) is 2.60. The summed E-state index contributed by atoms with van der Waals surface area (Å²) in [6.07, 6.45) is 0.832. The van der Waals surface area contributed by atoms with Crippen LogP contribution in [0.3, 0.4) is 0 Å². The van der Waals surface area contributed by atoms with Crippen LogP contribution in [-0.2, 0) is 4.74 Å². The van der Waals surface area contributed by atoms with Gasteiger partial charge in [0.15, 0.2) is 5.96 Å². The first-order valence-corrected chi connectivity index (χ1v) is 9.78. The van der Waals surface area contributed by atoms with Crippen molar-refractivity contribution in [3.63, 3.8) is 0 Å². The van der Waals surface area contributed by atoms with Gasteiger partial charge >= 0.3 is 0 Å². The van der Waals surface area contributed by atoms with E-state index in [0.29, 0.717) is 43.6 Å². The number of guanidine groups is 1. The summed E-state index contributed by atoms with van der Waals surface area (Å²) in [6, 6.07) is 14.7. The van der Waals surface area contributed by atoms with Crippen LogP contribution in [0.1, 0.15) is 16.8 Å². The van der Waals surface area contributed by atoms with Gasteiger partial charge in [-0.15, -0.1) is 24.0 Å². The molecule has 0 radical (unpaired) electrons. The van der Waals surface area contributed by atoms with Crippen molar-refractivity contribution in [2.75, 3.05) is 52.9 Å². The van der Waals surface area contributed by atoms with Crippen molar-refractivity contribution in [3.8, 4) is 11.5 Å². The molecule has 31 heavy (non-hydrogen) atoms. The molecule has 2 rings (SSSR count). The van der Waals surface area contributed by atoms with E-state index in [1.54, 1.807) is 45.5 Å². The van der Waals surface area contributed by atoms with Crippen LogP contribution in [0.4, 0.5) is 5.69 Å². The largest absolute Gasteiger partial charge is 0.497 e. The monoisotopic (exact) mass is 542 g/mol. The number of ether oxygens (including phenoxy) is 3. The highest BCUT2D eigenvalue weighted by atomic mass is 127. The second-order valence-corrected chi connectivity index (χ2v) is 6.33. The summed E-state index contributed by atoms with van der Waals surface area (Å²) in [5.41, 5.74) is 1.41. The molecule has 8 nitrogen and oxygen atoms in total. The third kappa shape index (κ3) is 9.88. The van der Waals surface area contributed by atoms with Gasteiger partial charge < -0.3 is 30.2 Å². The van der Waals surface area contributed by atoms with Crippen molar-refractivity contribution in [2.24, 2.45) is 4.99 Å². The molecule has 0 bridgehead atoms. The van der Waals surface area contributed by atoms with E-state index in [1.807, 2.05) is 24.3 Å². The molecule has 0 spiro atoms. The Balaban J connectivity index is 0.00000480. The molecule has 0 saturated carbocycles. The standard InChI is InChI=1S/C22H30N4O4.HI/c1-23-22(26-18-8-5-10-20(16-18)30-14-6-13-28-2)25-12-11-24-21(27)17-7-4-9-19(15-17)29-3;/h4-5,7-10,15-16H,6,11-14H2,1-3H3,(H,24,27)(H2,23,25,26);1H. The number of rotatable bonds is 11. The number of hydrogen-bond acceptors (Lipinski definition) is 5. The van der Waals surface area contributed by atoms with Gasteiger partial charge in [0.2, 0.25) is 0 Å². The van der Waals surface area contributed by atoms with E-state index >= 15 is 0 Å². The van der Waals surface area contributed by atoms with E-state index in [9.17, 15) is 4.79 Å². The van der Waals surface area contributed by atoms with E-state index < -0.39 is 0 Å². The summed E-state index contributed by atoms with van der Waals surface area (Å²) in [4.78, 5) is 16.4. The SMILES string of the molecule is CN=C(NCCNC(=O)c1cccc(OC)c1)Nc1cccc(OCCCOC)c1.I.